The van der Waals surface area contributed by atoms with Gasteiger partial charge in [0.25, 0.3) is 0 Å². The molecule has 214 valence electrons. The maximum Gasteiger partial charge on any atom is 0.341 e. The number of carboxylic acids is 1. The number of amidine groups is 1. The van der Waals surface area contributed by atoms with Crippen molar-refractivity contribution in [2.24, 2.45) is 0 Å². The molecule has 2 N–H and O–H groups in total. The molecule has 5 rings (SSSR count). The lowest BCUT2D eigenvalue weighted by molar-refractivity contribution is 0.0695. The second kappa shape index (κ2) is 11.8. The van der Waals surface area contributed by atoms with Gasteiger partial charge in [0.2, 0.25) is 5.43 Å². The van der Waals surface area contributed by atoms with Crippen LogP contribution in [0.1, 0.15) is 28.8 Å². The van der Waals surface area contributed by atoms with Crippen molar-refractivity contribution in [3.05, 3.63) is 93.3 Å². The highest BCUT2D eigenvalue weighted by molar-refractivity contribution is 6.38. The van der Waals surface area contributed by atoms with Gasteiger partial charge in [-0.1, -0.05) is 36.4 Å². The molecule has 0 spiro atoms. The van der Waals surface area contributed by atoms with Gasteiger partial charge in [-0.05, 0) is 55.8 Å². The maximum absolute atomic E-state index is 15.6. The van der Waals surface area contributed by atoms with Crippen LogP contribution in [0.2, 0.25) is 5.02 Å². The number of rotatable bonds is 7. The van der Waals surface area contributed by atoms with Crippen LogP contribution < -0.4 is 10.3 Å². The monoisotopic (exact) mass is 581 g/mol. The van der Waals surface area contributed by atoms with Crippen LogP contribution in [-0.2, 0) is 6.54 Å². The first-order valence-corrected chi connectivity index (χ1v) is 13.8. The van der Waals surface area contributed by atoms with Crippen LogP contribution in [0, 0.1) is 17.0 Å². The fraction of sp³-hybridized carbons (Fsp3) is 0.300. The van der Waals surface area contributed by atoms with Gasteiger partial charge < -0.3 is 19.5 Å². The van der Waals surface area contributed by atoms with Crippen molar-refractivity contribution in [3.63, 3.8) is 0 Å². The smallest absolute Gasteiger partial charge is 0.341 e. The number of fused-ring (bicyclic) bond motifs is 1. The molecule has 0 saturated carbocycles. The van der Waals surface area contributed by atoms with E-state index in [1.54, 1.807) is 29.2 Å². The molecule has 41 heavy (non-hydrogen) atoms. The van der Waals surface area contributed by atoms with Crippen molar-refractivity contribution in [1.82, 2.24) is 14.4 Å². The lowest BCUT2D eigenvalue weighted by atomic mass is 10.1. The third-order valence-electron chi connectivity index (χ3n) is 7.59. The highest BCUT2D eigenvalue weighted by atomic mass is 35.5. The number of carboxylic acid groups (broad SMARTS) is 1. The molecule has 2 aromatic carbocycles. The second-order valence-electron chi connectivity index (χ2n) is 10.2. The molecule has 0 bridgehead atoms. The topological polar surface area (TPSA) is 92.9 Å². The van der Waals surface area contributed by atoms with Gasteiger partial charge in [-0.25, -0.2) is 13.6 Å². The second-order valence-corrected chi connectivity index (χ2v) is 10.6. The highest BCUT2D eigenvalue weighted by Crippen LogP contribution is 2.37. The van der Waals surface area contributed by atoms with E-state index in [0.717, 1.165) is 43.8 Å². The number of nitrogens with zero attached hydrogens (tertiary/aromatic N) is 4. The third-order valence-corrected chi connectivity index (χ3v) is 7.95. The quantitative estimate of drug-likeness (QED) is 0.230. The zero-order valence-corrected chi connectivity index (χ0v) is 23.1. The third kappa shape index (κ3) is 5.62. The molecule has 11 heteroatoms. The molecule has 2 aliphatic heterocycles. The van der Waals surface area contributed by atoms with Gasteiger partial charge in [0.05, 0.1) is 27.3 Å². The van der Waals surface area contributed by atoms with Gasteiger partial charge in [0.15, 0.2) is 0 Å². The van der Waals surface area contributed by atoms with E-state index in [1.807, 2.05) is 4.90 Å². The lowest BCUT2D eigenvalue weighted by Crippen LogP contribution is -2.48. The summed E-state index contributed by atoms with van der Waals surface area (Å²) in [5.74, 6) is -2.62. The van der Waals surface area contributed by atoms with Crippen molar-refractivity contribution in [3.8, 4) is 5.69 Å². The first-order chi connectivity index (χ1) is 19.7. The molecule has 3 aromatic rings. The molecule has 2 fully saturated rings. The minimum Gasteiger partial charge on any atom is -0.477 e. The van der Waals surface area contributed by atoms with Crippen molar-refractivity contribution >= 4 is 40.0 Å². The van der Waals surface area contributed by atoms with Crippen LogP contribution in [0.5, 0.6) is 0 Å². The van der Waals surface area contributed by atoms with Crippen molar-refractivity contribution < 1.29 is 18.7 Å². The van der Waals surface area contributed by atoms with E-state index in [1.165, 1.54) is 16.7 Å². The number of pyridine rings is 1. The number of allylic oxidation sites excluding steroid dienone is 2. The molecule has 0 aliphatic carbocycles. The SMILES string of the molecule is C=C/C=C\C(=N)N1CCN(c2c(F)cc3c(=O)c(C(=O)O)cn(-c4ccc(CN5CCCC5)cc4F)c3c2Cl)CC1. The van der Waals surface area contributed by atoms with Crippen molar-refractivity contribution in [2.45, 2.75) is 19.4 Å². The molecule has 1 aromatic heterocycles. The summed E-state index contributed by atoms with van der Waals surface area (Å²) in [6.07, 6.45) is 8.11. The number of halogens is 3. The van der Waals surface area contributed by atoms with E-state index in [2.05, 4.69) is 11.5 Å². The molecule has 0 radical (unpaired) electrons. The number of carbonyl (C=O) groups is 1. The summed E-state index contributed by atoms with van der Waals surface area (Å²) in [7, 11) is 0. The molecule has 0 amide bonds. The first-order valence-electron chi connectivity index (χ1n) is 13.4. The van der Waals surface area contributed by atoms with E-state index in [4.69, 9.17) is 17.0 Å². The summed E-state index contributed by atoms with van der Waals surface area (Å²) in [4.78, 5) is 30.8. The van der Waals surface area contributed by atoms with E-state index in [-0.39, 0.29) is 27.3 Å². The number of aromatic carboxylic acids is 1. The Morgan fingerprint density at radius 3 is 2.41 bits per heavy atom. The van der Waals surface area contributed by atoms with Crippen LogP contribution in [-0.4, -0.2) is 70.5 Å². The van der Waals surface area contributed by atoms with Crippen LogP contribution >= 0.6 is 11.6 Å². The minimum atomic E-state index is -1.51. The van der Waals surface area contributed by atoms with Crippen LogP contribution in [0.4, 0.5) is 14.5 Å². The van der Waals surface area contributed by atoms with Gasteiger partial charge in [0, 0.05) is 38.9 Å². The van der Waals surface area contributed by atoms with Crippen LogP contribution in [0.3, 0.4) is 0 Å². The number of hydrogen-bond donors (Lipinski definition) is 2. The number of nitrogens with one attached hydrogen (secondary N) is 1. The summed E-state index contributed by atoms with van der Waals surface area (Å²) in [5.41, 5.74) is -0.714. The van der Waals surface area contributed by atoms with Gasteiger partial charge in [-0.15, -0.1) is 0 Å². The standard InChI is InChI=1S/C30H30ClF2N5O3/c1-2-3-6-25(34)36-11-13-37(14-12-36)28-23(33)16-20-27(26(28)31)38(18-21(29(20)39)30(40)41)24-8-7-19(15-22(24)32)17-35-9-4-5-10-35/h2-3,6-8,15-16,18,34H,1,4-5,9-14,17H2,(H,40,41)/b6-3-,34-25?. The molecular formula is C30H30ClF2N5O3. The Kier molecular flexibility index (Phi) is 8.23. The maximum atomic E-state index is 15.6. The lowest BCUT2D eigenvalue weighted by Gasteiger charge is -2.37. The molecule has 8 nitrogen and oxygen atoms in total. The number of anilines is 1. The largest absolute Gasteiger partial charge is 0.477 e. The number of piperazine rings is 1. The molecule has 0 unspecified atom stereocenters. The number of benzene rings is 2. The normalized spacial score (nSPS) is 16.2. The summed E-state index contributed by atoms with van der Waals surface area (Å²) in [5, 5.41) is 17.5. The van der Waals surface area contributed by atoms with Gasteiger partial charge in [0.1, 0.15) is 23.0 Å². The zero-order valence-electron chi connectivity index (χ0n) is 22.4. The summed E-state index contributed by atoms with van der Waals surface area (Å²) in [6, 6.07) is 5.65. The molecule has 3 heterocycles. The Morgan fingerprint density at radius 2 is 1.78 bits per heavy atom. The van der Waals surface area contributed by atoms with E-state index < -0.39 is 28.6 Å². The van der Waals surface area contributed by atoms with Gasteiger partial charge in [-0.3, -0.25) is 15.1 Å². The van der Waals surface area contributed by atoms with Crippen LogP contribution in [0.15, 0.2) is 60.1 Å². The Hall–Kier alpha value is -4.02. The Balaban J connectivity index is 1.58. The fourth-order valence-electron chi connectivity index (χ4n) is 5.52. The van der Waals surface area contributed by atoms with E-state index >= 15 is 8.78 Å². The zero-order chi connectivity index (χ0) is 29.3. The molecule has 2 saturated heterocycles. The number of aromatic nitrogens is 1. The van der Waals surface area contributed by atoms with E-state index in [0.29, 0.717) is 38.6 Å². The average Bonchev–Trinajstić information content (AvgIpc) is 3.46. The minimum absolute atomic E-state index is 0.00518. The summed E-state index contributed by atoms with van der Waals surface area (Å²) >= 11 is 6.81. The predicted molar refractivity (Wildman–Crippen MR) is 157 cm³/mol. The van der Waals surface area contributed by atoms with Gasteiger partial charge in [-0.2, -0.15) is 0 Å². The molecular weight excluding hydrogens is 552 g/mol. The Bertz CT molecular complexity index is 1620. The number of likely N-dealkylation sites (tertiary alicyclic amines) is 1. The summed E-state index contributed by atoms with van der Waals surface area (Å²) in [6.45, 7) is 7.60. The van der Waals surface area contributed by atoms with Crippen LogP contribution in [0.25, 0.3) is 16.6 Å². The Morgan fingerprint density at radius 1 is 1.07 bits per heavy atom. The molecule has 0 atom stereocenters. The number of hydrogen-bond acceptors (Lipinski definition) is 5. The Labute approximate surface area is 240 Å². The predicted octanol–water partition coefficient (Wildman–Crippen LogP) is 5.06. The average molecular weight is 582 g/mol. The highest BCUT2D eigenvalue weighted by Gasteiger charge is 2.27. The van der Waals surface area contributed by atoms with E-state index in [9.17, 15) is 14.7 Å². The van der Waals surface area contributed by atoms with Gasteiger partial charge >= 0.3 is 5.97 Å². The summed E-state index contributed by atoms with van der Waals surface area (Å²) < 4.78 is 32.4. The van der Waals surface area contributed by atoms with Crippen molar-refractivity contribution in [1.29, 1.82) is 5.41 Å². The fourth-order valence-corrected chi connectivity index (χ4v) is 5.92. The molecule has 2 aliphatic rings. The van der Waals surface area contributed by atoms with Crippen molar-refractivity contribution in [2.75, 3.05) is 44.2 Å². The first kappa shape index (κ1) is 28.5.